The van der Waals surface area contributed by atoms with E-state index in [9.17, 15) is 13.2 Å². The molecular formula is C10H13NO4S2. The van der Waals surface area contributed by atoms with Crippen LogP contribution in [0.1, 0.15) is 40.4 Å². The summed E-state index contributed by atoms with van der Waals surface area (Å²) in [7, 11) is -3.58. The van der Waals surface area contributed by atoms with Crippen molar-refractivity contribution < 1.29 is 18.3 Å². The number of aromatic carboxylic acids is 1. The zero-order chi connectivity index (χ0) is 12.6. The van der Waals surface area contributed by atoms with E-state index in [2.05, 4.69) is 4.98 Å². The molecule has 0 spiro atoms. The van der Waals surface area contributed by atoms with Gasteiger partial charge in [-0.1, -0.05) is 12.8 Å². The van der Waals surface area contributed by atoms with E-state index in [1.807, 2.05) is 0 Å². The molecular weight excluding hydrogens is 262 g/mol. The fraction of sp³-hybridized carbons (Fsp3) is 0.600. The van der Waals surface area contributed by atoms with Crippen LogP contribution >= 0.6 is 11.3 Å². The molecule has 0 saturated heterocycles. The Bertz CT molecular complexity index is 541. The Morgan fingerprint density at radius 1 is 1.41 bits per heavy atom. The Morgan fingerprint density at radius 3 is 2.53 bits per heavy atom. The highest BCUT2D eigenvalue weighted by molar-refractivity contribution is 7.92. The first kappa shape index (κ1) is 12.5. The van der Waals surface area contributed by atoms with E-state index >= 15 is 0 Å². The maximum atomic E-state index is 12.3. The van der Waals surface area contributed by atoms with E-state index in [-0.39, 0.29) is 9.90 Å². The number of thiazole rings is 1. The van der Waals surface area contributed by atoms with E-state index in [1.165, 1.54) is 0 Å². The van der Waals surface area contributed by atoms with E-state index in [1.54, 1.807) is 6.92 Å². The molecule has 0 bridgehead atoms. The van der Waals surface area contributed by atoms with Gasteiger partial charge in [0.25, 0.3) is 0 Å². The summed E-state index contributed by atoms with van der Waals surface area (Å²) < 4.78 is 24.5. The molecule has 2 rings (SSSR count). The summed E-state index contributed by atoms with van der Waals surface area (Å²) in [4.78, 5) is 14.7. The van der Waals surface area contributed by atoms with Crippen LogP contribution in [0.3, 0.4) is 0 Å². The van der Waals surface area contributed by atoms with E-state index in [0.29, 0.717) is 17.8 Å². The first-order chi connectivity index (χ1) is 7.93. The van der Waals surface area contributed by atoms with Gasteiger partial charge in [0.2, 0.25) is 0 Å². The average Bonchev–Trinajstić information content (AvgIpc) is 2.84. The fourth-order valence-corrected chi connectivity index (χ4v) is 5.16. The number of nitrogens with zero attached hydrogens (tertiary/aromatic N) is 1. The van der Waals surface area contributed by atoms with Crippen molar-refractivity contribution in [1.82, 2.24) is 4.98 Å². The molecule has 17 heavy (non-hydrogen) atoms. The molecule has 5 nitrogen and oxygen atoms in total. The number of carboxylic acids is 1. The summed E-state index contributed by atoms with van der Waals surface area (Å²) in [6.07, 6.45) is 2.99. The van der Waals surface area contributed by atoms with Crippen molar-refractivity contribution in [3.05, 3.63) is 9.88 Å². The molecule has 1 aromatic heterocycles. The monoisotopic (exact) mass is 275 g/mol. The number of carbonyl (C=O) groups is 1. The molecule has 1 heterocycles. The van der Waals surface area contributed by atoms with Crippen molar-refractivity contribution in [2.75, 3.05) is 0 Å². The van der Waals surface area contributed by atoms with Gasteiger partial charge in [0, 0.05) is 0 Å². The zero-order valence-electron chi connectivity index (χ0n) is 9.34. The lowest BCUT2D eigenvalue weighted by Gasteiger charge is -2.08. The molecule has 7 heteroatoms. The maximum Gasteiger partial charge on any atom is 0.348 e. The van der Waals surface area contributed by atoms with Gasteiger partial charge in [-0.05, 0) is 19.8 Å². The maximum absolute atomic E-state index is 12.3. The van der Waals surface area contributed by atoms with Crippen molar-refractivity contribution >= 4 is 27.1 Å². The molecule has 0 radical (unpaired) electrons. The first-order valence-corrected chi connectivity index (χ1v) is 7.74. The molecule has 0 aromatic carbocycles. The molecule has 1 aliphatic rings. The third-order valence-electron chi connectivity index (χ3n) is 2.91. The van der Waals surface area contributed by atoms with Crippen molar-refractivity contribution in [2.24, 2.45) is 0 Å². The summed E-state index contributed by atoms with van der Waals surface area (Å²) in [5, 5.41) is 8.77. The van der Waals surface area contributed by atoms with E-state index in [0.717, 1.165) is 24.2 Å². The lowest BCUT2D eigenvalue weighted by atomic mass is 10.4. The minimum Gasteiger partial charge on any atom is -0.477 e. The largest absolute Gasteiger partial charge is 0.477 e. The van der Waals surface area contributed by atoms with Crippen LogP contribution in [-0.2, 0) is 9.84 Å². The normalized spacial score (nSPS) is 17.5. The lowest BCUT2D eigenvalue weighted by molar-refractivity contribution is 0.0697. The van der Waals surface area contributed by atoms with Crippen LogP contribution in [-0.4, -0.2) is 29.7 Å². The molecule has 0 atom stereocenters. The summed E-state index contributed by atoms with van der Waals surface area (Å²) in [5.41, 5.74) is 0. The van der Waals surface area contributed by atoms with Gasteiger partial charge in [0.15, 0.2) is 19.7 Å². The van der Waals surface area contributed by atoms with Crippen LogP contribution in [0, 0.1) is 6.92 Å². The highest BCUT2D eigenvalue weighted by atomic mass is 32.2. The number of hydrogen-bond donors (Lipinski definition) is 1. The summed E-state index contributed by atoms with van der Waals surface area (Å²) >= 11 is 0.918. The Balaban J connectivity index is 2.48. The lowest BCUT2D eigenvalue weighted by Crippen LogP contribution is -2.20. The third kappa shape index (κ3) is 2.21. The van der Waals surface area contributed by atoms with Crippen molar-refractivity contribution in [1.29, 1.82) is 0 Å². The molecule has 1 aliphatic carbocycles. The van der Waals surface area contributed by atoms with Crippen LogP contribution in [0.5, 0.6) is 0 Å². The fourth-order valence-electron chi connectivity index (χ4n) is 2.09. The molecule has 1 fully saturated rings. The van der Waals surface area contributed by atoms with Crippen LogP contribution in [0.25, 0.3) is 0 Å². The standard InChI is InChI=1S/C10H13NO4S2/c1-6-11-9(8(16-6)10(12)13)17(14,15)7-4-2-3-5-7/h7H,2-5H2,1H3,(H,12,13). The van der Waals surface area contributed by atoms with Crippen LogP contribution < -0.4 is 0 Å². The Morgan fingerprint density at radius 2 is 2.00 bits per heavy atom. The number of sulfone groups is 1. The highest BCUT2D eigenvalue weighted by Gasteiger charge is 2.35. The second-order valence-electron chi connectivity index (χ2n) is 4.12. The van der Waals surface area contributed by atoms with Crippen LogP contribution in [0.4, 0.5) is 0 Å². The summed E-state index contributed by atoms with van der Waals surface area (Å²) in [6, 6.07) is 0. The van der Waals surface area contributed by atoms with Gasteiger partial charge in [0.1, 0.15) is 0 Å². The Kier molecular flexibility index (Phi) is 3.22. The molecule has 1 saturated carbocycles. The second kappa shape index (κ2) is 4.38. The van der Waals surface area contributed by atoms with E-state index in [4.69, 9.17) is 5.11 Å². The average molecular weight is 275 g/mol. The molecule has 0 aliphatic heterocycles. The van der Waals surface area contributed by atoms with Crippen molar-refractivity contribution in [3.8, 4) is 0 Å². The Hall–Kier alpha value is -0.950. The predicted molar refractivity (Wildman–Crippen MR) is 63.3 cm³/mol. The minimum absolute atomic E-state index is 0.158. The highest BCUT2D eigenvalue weighted by Crippen LogP contribution is 2.32. The molecule has 0 amide bonds. The van der Waals surface area contributed by atoms with Gasteiger partial charge < -0.3 is 5.11 Å². The number of hydrogen-bond acceptors (Lipinski definition) is 5. The Labute approximate surface area is 103 Å². The number of aromatic nitrogens is 1. The van der Waals surface area contributed by atoms with Crippen molar-refractivity contribution in [3.63, 3.8) is 0 Å². The second-order valence-corrected chi connectivity index (χ2v) is 7.47. The molecule has 1 aromatic rings. The van der Waals surface area contributed by atoms with Gasteiger partial charge in [0.05, 0.1) is 10.3 Å². The minimum atomic E-state index is -3.58. The van der Waals surface area contributed by atoms with Crippen molar-refractivity contribution in [2.45, 2.75) is 42.9 Å². The smallest absolute Gasteiger partial charge is 0.348 e. The predicted octanol–water partition coefficient (Wildman–Crippen LogP) is 1.87. The molecule has 0 unspecified atom stereocenters. The number of carboxylic acid groups (broad SMARTS) is 1. The van der Waals surface area contributed by atoms with Crippen LogP contribution in [0.2, 0.25) is 0 Å². The van der Waals surface area contributed by atoms with Gasteiger partial charge >= 0.3 is 5.97 Å². The van der Waals surface area contributed by atoms with Gasteiger partial charge in [-0.3, -0.25) is 0 Å². The SMILES string of the molecule is Cc1nc(S(=O)(=O)C2CCCC2)c(C(=O)O)s1. The van der Waals surface area contributed by atoms with Crippen LogP contribution in [0.15, 0.2) is 5.03 Å². The molecule has 1 N–H and O–H groups in total. The van der Waals surface area contributed by atoms with E-state index < -0.39 is 21.1 Å². The zero-order valence-corrected chi connectivity index (χ0v) is 11.0. The summed E-state index contributed by atoms with van der Waals surface area (Å²) in [5.74, 6) is -1.22. The topological polar surface area (TPSA) is 84.3 Å². The summed E-state index contributed by atoms with van der Waals surface area (Å²) in [6.45, 7) is 1.62. The number of aryl methyl sites for hydroxylation is 1. The first-order valence-electron chi connectivity index (χ1n) is 5.37. The van der Waals surface area contributed by atoms with Gasteiger partial charge in [-0.2, -0.15) is 0 Å². The van der Waals surface area contributed by atoms with Gasteiger partial charge in [-0.25, -0.2) is 18.2 Å². The van der Waals surface area contributed by atoms with Gasteiger partial charge in [-0.15, -0.1) is 11.3 Å². The third-order valence-corrected chi connectivity index (χ3v) is 6.18. The molecule has 94 valence electrons. The quantitative estimate of drug-likeness (QED) is 0.910. The number of rotatable bonds is 3.